The van der Waals surface area contributed by atoms with Gasteiger partial charge in [-0.25, -0.2) is 0 Å². The summed E-state index contributed by atoms with van der Waals surface area (Å²) in [5.74, 6) is -1.01. The molecule has 0 bridgehead atoms. The van der Waals surface area contributed by atoms with Crippen molar-refractivity contribution >= 4 is 16.0 Å². The molecule has 0 aromatic heterocycles. The summed E-state index contributed by atoms with van der Waals surface area (Å²) in [5, 5.41) is 13.1. The fraction of sp³-hybridized carbons (Fsp3) is 0.769. The third-order valence-corrected chi connectivity index (χ3v) is 8.99. The molecule has 0 aliphatic rings. The molecule has 2 atom stereocenters. The van der Waals surface area contributed by atoms with Gasteiger partial charge in [0.15, 0.2) is 0 Å². The standard InChI is InChI=1S/C39H71NO5S/c1-3-5-7-9-11-13-15-17-18-19-20-21-22-23-25-27-29-31-33-35-39(42)40-37(36-46(43,44)45)38(41)34-32-30-28-26-24-16-14-12-10-8-6-4-2/h10,12,17-18,24,26,32,34,37-38,41H,3-9,11,13-16,19-23,25,27-31,33,35-36H2,1-2H3,(H,40,42)(H,43,44,45)/b12-10+,18-17-,26-24+,34-32+. The Labute approximate surface area is 284 Å². The first-order valence-electron chi connectivity index (χ1n) is 18.8. The highest BCUT2D eigenvalue weighted by molar-refractivity contribution is 7.85. The van der Waals surface area contributed by atoms with Gasteiger partial charge in [-0.15, -0.1) is 0 Å². The van der Waals surface area contributed by atoms with Crippen LogP contribution in [0.15, 0.2) is 48.6 Å². The van der Waals surface area contributed by atoms with Gasteiger partial charge in [-0.1, -0.05) is 152 Å². The fourth-order valence-corrected chi connectivity index (χ4v) is 6.08. The van der Waals surface area contributed by atoms with Crippen LogP contribution in [0.5, 0.6) is 0 Å². The molecule has 0 radical (unpaired) electrons. The van der Waals surface area contributed by atoms with Gasteiger partial charge in [0, 0.05) is 6.42 Å². The normalized spacial score (nSPS) is 13.9. The van der Waals surface area contributed by atoms with Gasteiger partial charge in [0.05, 0.1) is 17.9 Å². The number of allylic oxidation sites excluding steroid dienone is 7. The van der Waals surface area contributed by atoms with Crippen LogP contribution >= 0.6 is 0 Å². The number of unbranched alkanes of at least 4 members (excludes halogenated alkanes) is 19. The third kappa shape index (κ3) is 33.7. The predicted octanol–water partition coefficient (Wildman–Crippen LogP) is 10.7. The maximum atomic E-state index is 12.5. The van der Waals surface area contributed by atoms with Gasteiger partial charge in [-0.2, -0.15) is 8.42 Å². The molecular weight excluding hydrogens is 594 g/mol. The van der Waals surface area contributed by atoms with Gasteiger partial charge >= 0.3 is 0 Å². The molecule has 46 heavy (non-hydrogen) atoms. The summed E-state index contributed by atoms with van der Waals surface area (Å²) in [6.07, 6.45) is 43.8. The largest absolute Gasteiger partial charge is 0.387 e. The first-order chi connectivity index (χ1) is 22.3. The van der Waals surface area contributed by atoms with Crippen LogP contribution in [-0.2, 0) is 14.9 Å². The molecule has 6 nitrogen and oxygen atoms in total. The molecule has 0 rings (SSSR count). The van der Waals surface area contributed by atoms with Gasteiger partial charge in [0.2, 0.25) is 5.91 Å². The van der Waals surface area contributed by atoms with Crippen LogP contribution in [0.4, 0.5) is 0 Å². The highest BCUT2D eigenvalue weighted by Gasteiger charge is 2.24. The minimum atomic E-state index is -4.35. The summed E-state index contributed by atoms with van der Waals surface area (Å²) in [6.45, 7) is 4.45. The van der Waals surface area contributed by atoms with E-state index in [1.165, 1.54) is 109 Å². The van der Waals surface area contributed by atoms with Crippen LogP contribution in [0, 0.1) is 0 Å². The number of rotatable bonds is 33. The molecule has 3 N–H and O–H groups in total. The Bertz CT molecular complexity index is 909. The minimum absolute atomic E-state index is 0.281. The Kier molecular flexibility index (Phi) is 32.0. The van der Waals surface area contributed by atoms with Crippen molar-refractivity contribution in [1.29, 1.82) is 0 Å². The minimum Gasteiger partial charge on any atom is -0.387 e. The van der Waals surface area contributed by atoms with Gasteiger partial charge in [0.25, 0.3) is 10.1 Å². The second kappa shape index (κ2) is 33.2. The highest BCUT2D eigenvalue weighted by Crippen LogP contribution is 2.13. The number of nitrogens with one attached hydrogen (secondary N) is 1. The van der Waals surface area contributed by atoms with E-state index in [0.717, 1.165) is 44.9 Å². The van der Waals surface area contributed by atoms with Crippen LogP contribution < -0.4 is 5.32 Å². The average Bonchev–Trinajstić information content (AvgIpc) is 3.01. The van der Waals surface area contributed by atoms with Crippen LogP contribution in [-0.4, -0.2) is 41.9 Å². The Morgan fingerprint density at radius 2 is 0.957 bits per heavy atom. The van der Waals surface area contributed by atoms with Gasteiger partial charge in [0.1, 0.15) is 0 Å². The van der Waals surface area contributed by atoms with Crippen molar-refractivity contribution in [2.24, 2.45) is 0 Å². The van der Waals surface area contributed by atoms with Crippen molar-refractivity contribution in [1.82, 2.24) is 5.32 Å². The lowest BCUT2D eigenvalue weighted by molar-refractivity contribution is -0.122. The lowest BCUT2D eigenvalue weighted by Gasteiger charge is -2.21. The number of amides is 1. The van der Waals surface area contributed by atoms with E-state index in [2.05, 4.69) is 55.6 Å². The molecule has 7 heteroatoms. The Morgan fingerprint density at radius 1 is 0.565 bits per heavy atom. The summed E-state index contributed by atoms with van der Waals surface area (Å²) in [6, 6.07) is -1.08. The lowest BCUT2D eigenvalue weighted by Crippen LogP contribution is -2.46. The van der Waals surface area contributed by atoms with E-state index < -0.39 is 28.0 Å². The van der Waals surface area contributed by atoms with E-state index in [0.29, 0.717) is 6.42 Å². The molecule has 0 aromatic carbocycles. The van der Waals surface area contributed by atoms with E-state index in [4.69, 9.17) is 0 Å². The molecule has 2 unspecified atom stereocenters. The fourth-order valence-electron chi connectivity index (χ4n) is 5.34. The van der Waals surface area contributed by atoms with Gasteiger partial charge in [-0.05, 0) is 64.2 Å². The molecule has 268 valence electrons. The molecule has 1 amide bonds. The molecule has 0 saturated carbocycles. The van der Waals surface area contributed by atoms with Crippen LogP contribution in [0.25, 0.3) is 0 Å². The smallest absolute Gasteiger partial charge is 0.267 e. The highest BCUT2D eigenvalue weighted by atomic mass is 32.2. The van der Waals surface area contributed by atoms with Crippen molar-refractivity contribution in [3.8, 4) is 0 Å². The molecule has 0 heterocycles. The molecular formula is C39H71NO5S. The van der Waals surface area contributed by atoms with Crippen molar-refractivity contribution < 1.29 is 22.9 Å². The monoisotopic (exact) mass is 666 g/mol. The summed E-state index contributed by atoms with van der Waals surface area (Å²) in [4.78, 5) is 12.5. The van der Waals surface area contributed by atoms with Crippen molar-refractivity contribution in [2.75, 3.05) is 5.75 Å². The van der Waals surface area contributed by atoms with E-state index >= 15 is 0 Å². The second-order valence-electron chi connectivity index (χ2n) is 12.8. The number of carbonyl (C=O) groups is 1. The Hall–Kier alpha value is -1.70. The van der Waals surface area contributed by atoms with Crippen molar-refractivity contribution in [3.63, 3.8) is 0 Å². The number of hydrogen-bond donors (Lipinski definition) is 3. The maximum absolute atomic E-state index is 12.5. The third-order valence-electron chi connectivity index (χ3n) is 8.21. The second-order valence-corrected chi connectivity index (χ2v) is 14.3. The number of carbonyl (C=O) groups excluding carboxylic acids is 1. The van der Waals surface area contributed by atoms with Gasteiger partial charge in [-0.3, -0.25) is 9.35 Å². The zero-order valence-corrected chi connectivity index (χ0v) is 30.5. The van der Waals surface area contributed by atoms with E-state index in [1.54, 1.807) is 6.08 Å². The number of aliphatic hydroxyl groups is 1. The summed E-state index contributed by atoms with van der Waals surface area (Å²) < 4.78 is 32.3. The first kappa shape index (κ1) is 44.3. The van der Waals surface area contributed by atoms with Crippen molar-refractivity contribution in [3.05, 3.63) is 48.6 Å². The number of hydrogen-bond acceptors (Lipinski definition) is 4. The molecule has 0 aromatic rings. The average molecular weight is 666 g/mol. The van der Waals surface area contributed by atoms with Crippen LogP contribution in [0.1, 0.15) is 174 Å². The zero-order chi connectivity index (χ0) is 34.0. The Morgan fingerprint density at radius 3 is 1.43 bits per heavy atom. The molecule has 0 fully saturated rings. The molecule has 0 aliphatic heterocycles. The SMILES string of the molecule is CCCC/C=C/CC/C=C/CC/C=C/C(O)C(CS(=O)(=O)O)NC(=O)CCCCCCCCCCC/C=C\CCCCCCCC. The number of aliphatic hydroxyl groups excluding tert-OH is 1. The maximum Gasteiger partial charge on any atom is 0.267 e. The van der Waals surface area contributed by atoms with Gasteiger partial charge < -0.3 is 10.4 Å². The molecule has 0 aliphatic carbocycles. The van der Waals surface area contributed by atoms with Crippen molar-refractivity contribution in [2.45, 2.75) is 187 Å². The van der Waals surface area contributed by atoms with Crippen LogP contribution in [0.2, 0.25) is 0 Å². The first-order valence-corrected chi connectivity index (χ1v) is 20.4. The summed E-state index contributed by atoms with van der Waals surface area (Å²) >= 11 is 0. The Balaban J connectivity index is 3.98. The summed E-state index contributed by atoms with van der Waals surface area (Å²) in [5.41, 5.74) is 0. The lowest BCUT2D eigenvalue weighted by atomic mass is 10.0. The molecule has 0 spiro atoms. The predicted molar refractivity (Wildman–Crippen MR) is 198 cm³/mol. The van der Waals surface area contributed by atoms with E-state index in [-0.39, 0.29) is 12.3 Å². The molecule has 0 saturated heterocycles. The zero-order valence-electron chi connectivity index (χ0n) is 29.7. The van der Waals surface area contributed by atoms with E-state index in [1.807, 2.05) is 0 Å². The summed E-state index contributed by atoms with van der Waals surface area (Å²) in [7, 11) is -4.35. The van der Waals surface area contributed by atoms with E-state index in [9.17, 15) is 22.9 Å². The topological polar surface area (TPSA) is 104 Å². The quantitative estimate of drug-likeness (QED) is 0.0368. The van der Waals surface area contributed by atoms with Crippen LogP contribution in [0.3, 0.4) is 0 Å².